The minimum absolute atomic E-state index is 0.0238. The first-order valence-corrected chi connectivity index (χ1v) is 27.8. The summed E-state index contributed by atoms with van der Waals surface area (Å²) in [7, 11) is 1.35. The molecule has 0 bridgehead atoms. The van der Waals surface area contributed by atoms with Gasteiger partial charge in [0.15, 0.2) is 0 Å². The summed E-state index contributed by atoms with van der Waals surface area (Å²) in [6.07, 6.45) is 58.5. The van der Waals surface area contributed by atoms with E-state index in [1.54, 1.807) is 0 Å². The minimum atomic E-state index is -4.53. The fraction of sp³-hybridized carbons (Fsp3) is 0.833. The molecule has 0 aromatic heterocycles. The highest BCUT2D eigenvalue weighted by atomic mass is 31.2. The SMILES string of the molecule is CC/C=C\C/C=C\C/C=C\C/C=C\CCCCCCCCCOCC(COP(=O)([O-])OCC[N+](C)(C)C)OC(=O)CCCCCCCCCCCCCCCCCCCCCCC. The average molecular weight is 908 g/mol. The van der Waals surface area contributed by atoms with E-state index < -0.39 is 13.9 Å². The molecule has 0 heterocycles. The Hall–Kier alpha value is -1.54. The Morgan fingerprint density at radius 2 is 0.921 bits per heavy atom. The molecule has 0 saturated carbocycles. The predicted molar refractivity (Wildman–Crippen MR) is 268 cm³/mol. The van der Waals surface area contributed by atoms with Crippen LogP contribution in [0, 0.1) is 0 Å². The van der Waals surface area contributed by atoms with E-state index in [9.17, 15) is 14.3 Å². The molecule has 0 radical (unpaired) electrons. The van der Waals surface area contributed by atoms with E-state index in [1.165, 1.54) is 148 Å². The molecule has 370 valence electrons. The standard InChI is InChI=1S/C54H102NO7P/c1-6-8-10-12-14-16-18-20-22-24-26-28-29-31-33-35-37-39-41-43-45-47-54(56)62-53(52-61-63(57,58)60-50-48-55(3,4)5)51-59-49-46-44-42-40-38-36-34-32-30-27-25-23-21-19-17-15-13-11-9-7-2/h9,11,15,17,21,23,27,30,53H,6-8,10,12-14,16,18-20,22,24-26,28-29,31-52H2,1-5H3/b11-9-,17-15-,23-21-,30-27-. The molecule has 0 rings (SSSR count). The van der Waals surface area contributed by atoms with E-state index in [0.29, 0.717) is 24.1 Å². The van der Waals surface area contributed by atoms with Crippen LogP contribution in [0.15, 0.2) is 48.6 Å². The highest BCUT2D eigenvalue weighted by Gasteiger charge is 2.20. The molecule has 0 amide bonds. The maximum atomic E-state index is 12.8. The van der Waals surface area contributed by atoms with Crippen molar-refractivity contribution in [2.24, 2.45) is 0 Å². The Morgan fingerprint density at radius 1 is 0.508 bits per heavy atom. The largest absolute Gasteiger partial charge is 0.756 e. The van der Waals surface area contributed by atoms with E-state index in [4.69, 9.17) is 18.5 Å². The number of unbranched alkanes of at least 4 members (excludes halogenated alkanes) is 27. The minimum Gasteiger partial charge on any atom is -0.756 e. The number of phosphoric acid groups is 1. The van der Waals surface area contributed by atoms with Crippen LogP contribution in [0.3, 0.4) is 0 Å². The number of hydrogen-bond acceptors (Lipinski definition) is 7. The summed E-state index contributed by atoms with van der Waals surface area (Å²) in [5.41, 5.74) is 0. The molecule has 0 saturated heterocycles. The number of carbonyl (C=O) groups is 1. The van der Waals surface area contributed by atoms with E-state index in [2.05, 4.69) is 62.5 Å². The zero-order valence-corrected chi connectivity index (χ0v) is 42.9. The Morgan fingerprint density at radius 3 is 1.38 bits per heavy atom. The van der Waals surface area contributed by atoms with Crippen LogP contribution in [-0.4, -0.2) is 70.7 Å². The van der Waals surface area contributed by atoms with Crippen LogP contribution in [0.25, 0.3) is 0 Å². The number of phosphoric ester groups is 1. The molecular formula is C54H102NO7P. The van der Waals surface area contributed by atoms with E-state index in [0.717, 1.165) is 64.2 Å². The van der Waals surface area contributed by atoms with Crippen LogP contribution >= 0.6 is 7.82 Å². The first-order chi connectivity index (χ1) is 30.6. The number of likely N-dealkylation sites (N-methyl/N-ethyl adjacent to an activating group) is 1. The van der Waals surface area contributed by atoms with Crippen molar-refractivity contribution in [1.29, 1.82) is 0 Å². The Bertz CT molecular complexity index is 1150. The molecule has 9 heteroatoms. The van der Waals surface area contributed by atoms with Gasteiger partial charge in [-0.1, -0.05) is 223 Å². The number of nitrogens with zero attached hydrogens (tertiary/aromatic N) is 1. The summed E-state index contributed by atoms with van der Waals surface area (Å²) >= 11 is 0. The second kappa shape index (κ2) is 47.0. The van der Waals surface area contributed by atoms with Gasteiger partial charge >= 0.3 is 5.97 Å². The van der Waals surface area contributed by atoms with Crippen molar-refractivity contribution in [2.45, 2.75) is 238 Å². The topological polar surface area (TPSA) is 94.1 Å². The lowest BCUT2D eigenvalue weighted by molar-refractivity contribution is -0.870. The lowest BCUT2D eigenvalue weighted by atomic mass is 10.0. The van der Waals surface area contributed by atoms with Gasteiger partial charge in [0.2, 0.25) is 0 Å². The van der Waals surface area contributed by atoms with Gasteiger partial charge in [0.1, 0.15) is 19.3 Å². The highest BCUT2D eigenvalue weighted by Crippen LogP contribution is 2.38. The van der Waals surface area contributed by atoms with E-state index >= 15 is 0 Å². The maximum absolute atomic E-state index is 12.8. The number of carbonyl (C=O) groups excluding carboxylic acids is 1. The normalized spacial score (nSPS) is 13.9. The zero-order chi connectivity index (χ0) is 46.2. The van der Waals surface area contributed by atoms with Gasteiger partial charge in [-0.05, 0) is 51.4 Å². The van der Waals surface area contributed by atoms with Crippen LogP contribution in [0.1, 0.15) is 232 Å². The summed E-state index contributed by atoms with van der Waals surface area (Å²) in [5.74, 6) is -0.335. The monoisotopic (exact) mass is 908 g/mol. The lowest BCUT2D eigenvalue weighted by Gasteiger charge is -2.28. The molecule has 0 N–H and O–H groups in total. The molecule has 0 spiro atoms. The van der Waals surface area contributed by atoms with Crippen LogP contribution in [0.5, 0.6) is 0 Å². The Labute approximate surface area is 390 Å². The lowest BCUT2D eigenvalue weighted by Crippen LogP contribution is -2.37. The number of esters is 1. The molecule has 0 aliphatic rings. The van der Waals surface area contributed by atoms with Gasteiger partial charge in [0.05, 0.1) is 34.4 Å². The molecule has 8 nitrogen and oxygen atoms in total. The summed E-state index contributed by atoms with van der Waals surface area (Å²) < 4.78 is 34.8. The smallest absolute Gasteiger partial charge is 0.306 e. The quantitative estimate of drug-likeness (QED) is 0.0197. The van der Waals surface area contributed by atoms with Gasteiger partial charge in [0.25, 0.3) is 7.82 Å². The number of ether oxygens (including phenoxy) is 2. The summed E-state index contributed by atoms with van der Waals surface area (Å²) in [4.78, 5) is 25.2. The third-order valence-electron chi connectivity index (χ3n) is 11.4. The third-order valence-corrected chi connectivity index (χ3v) is 12.4. The van der Waals surface area contributed by atoms with Gasteiger partial charge in [-0.3, -0.25) is 9.36 Å². The van der Waals surface area contributed by atoms with Gasteiger partial charge in [-0.2, -0.15) is 0 Å². The predicted octanol–water partition coefficient (Wildman–Crippen LogP) is 15.7. The molecule has 0 aliphatic carbocycles. The van der Waals surface area contributed by atoms with Crippen LogP contribution < -0.4 is 4.89 Å². The summed E-state index contributed by atoms with van der Waals surface area (Å²) in [5, 5.41) is 0. The Balaban J connectivity index is 4.13. The van der Waals surface area contributed by atoms with Crippen molar-refractivity contribution in [1.82, 2.24) is 0 Å². The second-order valence-corrected chi connectivity index (χ2v) is 20.3. The molecule has 0 fully saturated rings. The van der Waals surface area contributed by atoms with Crippen molar-refractivity contribution in [3.63, 3.8) is 0 Å². The molecule has 2 atom stereocenters. The van der Waals surface area contributed by atoms with Gasteiger partial charge < -0.3 is 27.9 Å². The number of allylic oxidation sites excluding steroid dienone is 8. The summed E-state index contributed by atoms with van der Waals surface area (Å²) in [6, 6.07) is 0. The number of quaternary nitrogens is 1. The number of rotatable bonds is 49. The molecule has 63 heavy (non-hydrogen) atoms. The molecule has 0 aromatic carbocycles. The molecule has 2 unspecified atom stereocenters. The number of hydrogen-bond donors (Lipinski definition) is 0. The van der Waals surface area contributed by atoms with Crippen molar-refractivity contribution in [3.05, 3.63) is 48.6 Å². The van der Waals surface area contributed by atoms with Crippen LogP contribution in [-0.2, 0) is 27.9 Å². The zero-order valence-electron chi connectivity index (χ0n) is 42.0. The van der Waals surface area contributed by atoms with Gasteiger partial charge in [0, 0.05) is 13.0 Å². The van der Waals surface area contributed by atoms with E-state index in [1.807, 2.05) is 21.1 Å². The summed E-state index contributed by atoms with van der Waals surface area (Å²) in [6.45, 7) is 5.31. The maximum Gasteiger partial charge on any atom is 0.306 e. The first-order valence-electron chi connectivity index (χ1n) is 26.4. The highest BCUT2D eigenvalue weighted by molar-refractivity contribution is 7.45. The first kappa shape index (κ1) is 61.5. The molecular weight excluding hydrogens is 806 g/mol. The fourth-order valence-electron chi connectivity index (χ4n) is 7.36. The van der Waals surface area contributed by atoms with Crippen LogP contribution in [0.4, 0.5) is 0 Å². The van der Waals surface area contributed by atoms with Gasteiger partial charge in [-0.25, -0.2) is 0 Å². The third kappa shape index (κ3) is 51.3. The van der Waals surface area contributed by atoms with Crippen molar-refractivity contribution in [3.8, 4) is 0 Å². The fourth-order valence-corrected chi connectivity index (χ4v) is 8.09. The molecule has 0 aromatic rings. The molecule has 0 aliphatic heterocycles. The van der Waals surface area contributed by atoms with Crippen molar-refractivity contribution in [2.75, 3.05) is 54.1 Å². The van der Waals surface area contributed by atoms with Crippen molar-refractivity contribution >= 4 is 13.8 Å². The van der Waals surface area contributed by atoms with Crippen LogP contribution in [0.2, 0.25) is 0 Å². The van der Waals surface area contributed by atoms with E-state index in [-0.39, 0.29) is 25.8 Å². The van der Waals surface area contributed by atoms with Gasteiger partial charge in [-0.15, -0.1) is 0 Å². The van der Waals surface area contributed by atoms with Crippen molar-refractivity contribution < 1.29 is 37.3 Å². The average Bonchev–Trinajstić information content (AvgIpc) is 3.24. The Kier molecular flexibility index (Phi) is 45.8. The second-order valence-electron chi connectivity index (χ2n) is 18.9.